The third kappa shape index (κ3) is 2.58. The Morgan fingerprint density at radius 3 is 2.58 bits per heavy atom. The fraction of sp³-hybridized carbons (Fsp3) is 0.118. The lowest BCUT2D eigenvalue weighted by molar-refractivity contribution is 0.0977. The molecule has 0 radical (unpaired) electrons. The van der Waals surface area contributed by atoms with Crippen LogP contribution >= 0.6 is 0 Å². The van der Waals surface area contributed by atoms with Crippen LogP contribution in [0.5, 0.6) is 0 Å². The second-order valence-electron chi connectivity index (χ2n) is 4.69. The van der Waals surface area contributed by atoms with Gasteiger partial charge in [0.05, 0.1) is 6.04 Å². The lowest BCUT2D eigenvalue weighted by Crippen LogP contribution is -2.27. The van der Waals surface area contributed by atoms with Crippen LogP contribution < -0.4 is 5.32 Å². The van der Waals surface area contributed by atoms with E-state index < -0.39 is 0 Å². The van der Waals surface area contributed by atoms with E-state index in [1.165, 1.54) is 0 Å². The molecule has 1 N–H and O–H groups in total. The molecule has 3 rings (SSSR count). The number of carbonyl (C=O) groups excluding carboxylic acids is 1. The smallest absolute Gasteiger partial charge is 0.167 e. The fourth-order valence-corrected chi connectivity index (χ4v) is 2.32. The number of anilines is 1. The Labute approximate surface area is 112 Å². The molecule has 0 aromatic heterocycles. The van der Waals surface area contributed by atoms with Gasteiger partial charge in [0.2, 0.25) is 0 Å². The van der Waals surface area contributed by atoms with Crippen LogP contribution in [0.1, 0.15) is 22.3 Å². The lowest BCUT2D eigenvalue weighted by Gasteiger charge is -2.23. The Kier molecular flexibility index (Phi) is 3.15. The van der Waals surface area contributed by atoms with Crippen molar-refractivity contribution in [3.05, 3.63) is 71.8 Å². The minimum atomic E-state index is 0.0719. The molecule has 0 saturated carbocycles. The summed E-state index contributed by atoms with van der Waals surface area (Å²) in [6.45, 7) is 0. The molecule has 1 atom stereocenters. The molecule has 0 saturated heterocycles. The van der Waals surface area contributed by atoms with Crippen molar-refractivity contribution in [2.24, 2.45) is 0 Å². The lowest BCUT2D eigenvalue weighted by atomic mass is 9.96. The Morgan fingerprint density at radius 2 is 1.74 bits per heavy atom. The molecule has 2 aromatic carbocycles. The maximum atomic E-state index is 12.0. The number of fused-ring (bicyclic) bond motifs is 1. The molecule has 94 valence electrons. The number of para-hydroxylation sites is 1. The van der Waals surface area contributed by atoms with Crippen LogP contribution in [0.2, 0.25) is 0 Å². The van der Waals surface area contributed by atoms with Crippen molar-refractivity contribution in [1.82, 2.24) is 0 Å². The third-order valence-corrected chi connectivity index (χ3v) is 3.29. The number of hydrogen-bond donors (Lipinski definition) is 1. The van der Waals surface area contributed by atoms with Gasteiger partial charge >= 0.3 is 0 Å². The SMILES string of the molecule is O=C1CC(/C=C/c2ccccc2)Nc2ccccc21. The highest BCUT2D eigenvalue weighted by Gasteiger charge is 2.21. The van der Waals surface area contributed by atoms with Crippen LogP contribution in [-0.4, -0.2) is 11.8 Å². The number of nitrogens with one attached hydrogen (secondary N) is 1. The largest absolute Gasteiger partial charge is 0.378 e. The average Bonchev–Trinajstić information content (AvgIpc) is 2.46. The first kappa shape index (κ1) is 11.7. The van der Waals surface area contributed by atoms with E-state index in [2.05, 4.69) is 29.6 Å². The van der Waals surface area contributed by atoms with Gasteiger partial charge in [-0.15, -0.1) is 0 Å². The monoisotopic (exact) mass is 249 g/mol. The molecule has 1 unspecified atom stereocenters. The first-order chi connectivity index (χ1) is 9.33. The van der Waals surface area contributed by atoms with Gasteiger partial charge in [-0.2, -0.15) is 0 Å². The van der Waals surface area contributed by atoms with Crippen LogP contribution in [-0.2, 0) is 0 Å². The Bertz CT molecular complexity index is 616. The van der Waals surface area contributed by atoms with E-state index >= 15 is 0 Å². The molecule has 0 fully saturated rings. The van der Waals surface area contributed by atoms with Crippen molar-refractivity contribution >= 4 is 17.5 Å². The van der Waals surface area contributed by atoms with Crippen molar-refractivity contribution in [3.63, 3.8) is 0 Å². The minimum Gasteiger partial charge on any atom is -0.378 e. The van der Waals surface area contributed by atoms with E-state index in [-0.39, 0.29) is 11.8 Å². The number of Topliss-reactive ketones (excluding diaryl/α,β-unsaturated/α-hetero) is 1. The Balaban J connectivity index is 1.79. The number of ketones is 1. The zero-order chi connectivity index (χ0) is 13.1. The first-order valence-corrected chi connectivity index (χ1v) is 6.45. The summed E-state index contributed by atoms with van der Waals surface area (Å²) in [4.78, 5) is 12.0. The highest BCUT2D eigenvalue weighted by molar-refractivity contribution is 6.03. The molecule has 1 aliphatic rings. The van der Waals surface area contributed by atoms with Gasteiger partial charge < -0.3 is 5.32 Å². The van der Waals surface area contributed by atoms with E-state index in [1.807, 2.05) is 42.5 Å². The molecular formula is C17H15NO. The van der Waals surface area contributed by atoms with E-state index in [9.17, 15) is 4.79 Å². The average molecular weight is 249 g/mol. The van der Waals surface area contributed by atoms with Gasteiger partial charge in [-0.1, -0.05) is 54.6 Å². The Morgan fingerprint density at radius 1 is 1.00 bits per heavy atom. The highest BCUT2D eigenvalue weighted by Crippen LogP contribution is 2.25. The molecule has 2 heteroatoms. The quantitative estimate of drug-likeness (QED) is 0.877. The molecule has 2 nitrogen and oxygen atoms in total. The Hall–Kier alpha value is -2.35. The van der Waals surface area contributed by atoms with Gasteiger partial charge in [-0.3, -0.25) is 4.79 Å². The predicted octanol–water partition coefficient (Wildman–Crippen LogP) is 3.77. The van der Waals surface area contributed by atoms with E-state index in [1.54, 1.807) is 0 Å². The topological polar surface area (TPSA) is 29.1 Å². The van der Waals surface area contributed by atoms with E-state index in [0.717, 1.165) is 16.8 Å². The highest BCUT2D eigenvalue weighted by atomic mass is 16.1. The zero-order valence-electron chi connectivity index (χ0n) is 10.5. The summed E-state index contributed by atoms with van der Waals surface area (Å²) in [6.07, 6.45) is 4.63. The van der Waals surface area contributed by atoms with Gasteiger partial charge in [0.15, 0.2) is 5.78 Å². The van der Waals surface area contributed by atoms with Gasteiger partial charge in [0.1, 0.15) is 0 Å². The van der Waals surface area contributed by atoms with Gasteiger partial charge in [0, 0.05) is 17.7 Å². The summed E-state index contributed by atoms with van der Waals surface area (Å²) in [5.41, 5.74) is 2.88. The van der Waals surface area contributed by atoms with E-state index in [4.69, 9.17) is 0 Å². The number of hydrogen-bond acceptors (Lipinski definition) is 2. The molecule has 2 aromatic rings. The van der Waals surface area contributed by atoms with E-state index in [0.29, 0.717) is 6.42 Å². The minimum absolute atomic E-state index is 0.0719. The van der Waals surface area contributed by atoms with Crippen LogP contribution in [0.15, 0.2) is 60.7 Å². The maximum Gasteiger partial charge on any atom is 0.167 e. The van der Waals surface area contributed by atoms with Crippen molar-refractivity contribution in [2.45, 2.75) is 12.5 Å². The van der Waals surface area contributed by atoms with Crippen molar-refractivity contribution < 1.29 is 4.79 Å². The molecule has 0 amide bonds. The summed E-state index contributed by atoms with van der Waals surface area (Å²) < 4.78 is 0. The van der Waals surface area contributed by atoms with Gasteiger partial charge in [-0.05, 0) is 17.7 Å². The summed E-state index contributed by atoms with van der Waals surface area (Å²) in [5.74, 6) is 0.206. The van der Waals surface area contributed by atoms with Crippen LogP contribution in [0.4, 0.5) is 5.69 Å². The van der Waals surface area contributed by atoms with Gasteiger partial charge in [0.25, 0.3) is 0 Å². The summed E-state index contributed by atoms with van der Waals surface area (Å²) in [6, 6.07) is 17.9. The summed E-state index contributed by atoms with van der Waals surface area (Å²) in [5, 5.41) is 3.39. The second-order valence-corrected chi connectivity index (χ2v) is 4.69. The number of benzene rings is 2. The second kappa shape index (κ2) is 5.11. The van der Waals surface area contributed by atoms with Crippen LogP contribution in [0.25, 0.3) is 6.08 Å². The van der Waals surface area contributed by atoms with Crippen molar-refractivity contribution in [3.8, 4) is 0 Å². The summed E-state index contributed by atoms with van der Waals surface area (Å²) in [7, 11) is 0. The molecule has 0 spiro atoms. The molecule has 0 bridgehead atoms. The van der Waals surface area contributed by atoms with Crippen LogP contribution in [0, 0.1) is 0 Å². The maximum absolute atomic E-state index is 12.0. The molecular weight excluding hydrogens is 234 g/mol. The molecule has 1 heterocycles. The number of carbonyl (C=O) groups is 1. The van der Waals surface area contributed by atoms with Gasteiger partial charge in [-0.25, -0.2) is 0 Å². The molecule has 1 aliphatic heterocycles. The van der Waals surface area contributed by atoms with Crippen molar-refractivity contribution in [1.29, 1.82) is 0 Å². The normalized spacial score (nSPS) is 18.1. The summed E-state index contributed by atoms with van der Waals surface area (Å²) >= 11 is 0. The van der Waals surface area contributed by atoms with Crippen molar-refractivity contribution in [2.75, 3.05) is 5.32 Å². The predicted molar refractivity (Wildman–Crippen MR) is 78.3 cm³/mol. The fourth-order valence-electron chi connectivity index (χ4n) is 2.32. The van der Waals surface area contributed by atoms with Crippen LogP contribution in [0.3, 0.4) is 0 Å². The third-order valence-electron chi connectivity index (χ3n) is 3.29. The first-order valence-electron chi connectivity index (χ1n) is 6.45. The number of rotatable bonds is 2. The molecule has 0 aliphatic carbocycles. The standard InChI is InChI=1S/C17H15NO/c19-17-12-14(11-10-13-6-2-1-3-7-13)18-16-9-5-4-8-15(16)17/h1-11,14,18H,12H2/b11-10+. The molecule has 19 heavy (non-hydrogen) atoms. The zero-order valence-corrected chi connectivity index (χ0v) is 10.5.